The number of amidine groups is 1. The smallest absolute Gasteiger partial charge is 0.475 e. The first-order valence-electron chi connectivity index (χ1n) is 8.84. The number of ether oxygens (including phenoxy) is 1. The second kappa shape index (κ2) is 11.4. The first-order chi connectivity index (χ1) is 14.4. The number of anilines is 2. The molecule has 0 spiro atoms. The molecule has 0 amide bonds. The van der Waals surface area contributed by atoms with Crippen molar-refractivity contribution in [3.63, 3.8) is 0 Å². The number of nitrogens with zero attached hydrogens (tertiary/aromatic N) is 1. The maximum Gasteiger partial charge on any atom is 0.490 e. The monoisotopic (exact) mass is 440 g/mol. The van der Waals surface area contributed by atoms with Crippen LogP contribution in [0.4, 0.5) is 24.5 Å². The number of nitrogens with two attached hydrogens (primary N) is 2. The zero-order valence-electron chi connectivity index (χ0n) is 16.6. The van der Waals surface area contributed by atoms with Gasteiger partial charge in [0, 0.05) is 23.5 Å². The van der Waals surface area contributed by atoms with Crippen molar-refractivity contribution < 1.29 is 32.6 Å². The van der Waals surface area contributed by atoms with E-state index in [1.165, 1.54) is 7.11 Å². The van der Waals surface area contributed by atoms with E-state index in [1.54, 1.807) is 12.1 Å². The van der Waals surface area contributed by atoms with Crippen molar-refractivity contribution in [2.75, 3.05) is 30.8 Å². The third kappa shape index (κ3) is 9.07. The number of carbonyl (C=O) groups excluding carboxylic acids is 1. The maximum atomic E-state index is 11.7. The number of aliphatic carboxylic acids is 1. The van der Waals surface area contributed by atoms with Gasteiger partial charge in [0.1, 0.15) is 12.4 Å². The average molecular weight is 440 g/mol. The Labute approximate surface area is 176 Å². The fourth-order valence-electron chi connectivity index (χ4n) is 2.34. The number of nitrogens with one attached hydrogen (secondary N) is 1. The molecule has 0 unspecified atom stereocenters. The zero-order valence-corrected chi connectivity index (χ0v) is 16.6. The van der Waals surface area contributed by atoms with Crippen LogP contribution >= 0.6 is 0 Å². The normalized spacial score (nSPS) is 10.5. The van der Waals surface area contributed by atoms with Gasteiger partial charge >= 0.3 is 18.1 Å². The summed E-state index contributed by atoms with van der Waals surface area (Å²) < 4.78 is 36.5. The first kappa shape index (κ1) is 25.3. The minimum Gasteiger partial charge on any atom is -0.475 e. The molecule has 11 heteroatoms. The largest absolute Gasteiger partial charge is 0.490 e. The number of esters is 1. The molecular formula is C20H23F3N4O4. The Kier molecular flexibility index (Phi) is 9.32. The van der Waals surface area contributed by atoms with Crippen molar-refractivity contribution in [1.82, 2.24) is 0 Å². The molecule has 0 saturated carbocycles. The Morgan fingerprint density at radius 3 is 2.23 bits per heavy atom. The van der Waals surface area contributed by atoms with Gasteiger partial charge in [-0.2, -0.15) is 13.2 Å². The molecule has 31 heavy (non-hydrogen) atoms. The Hall–Kier alpha value is -3.76. The molecular weight excluding hydrogens is 417 g/mol. The Morgan fingerprint density at radius 1 is 1.16 bits per heavy atom. The molecule has 168 valence electrons. The van der Waals surface area contributed by atoms with Gasteiger partial charge in [-0.1, -0.05) is 24.3 Å². The number of rotatable bonds is 7. The third-order valence-electron chi connectivity index (χ3n) is 3.96. The van der Waals surface area contributed by atoms with Crippen LogP contribution in [-0.4, -0.2) is 49.3 Å². The highest BCUT2D eigenvalue weighted by molar-refractivity contribution is 5.96. The van der Waals surface area contributed by atoms with Gasteiger partial charge in [0.05, 0.1) is 7.11 Å². The highest BCUT2D eigenvalue weighted by atomic mass is 19.4. The summed E-state index contributed by atoms with van der Waals surface area (Å²) in [6.45, 7) is 0.757. The summed E-state index contributed by atoms with van der Waals surface area (Å²) in [5, 5.41) is 14.7. The van der Waals surface area contributed by atoms with Crippen LogP contribution < -0.4 is 16.4 Å². The summed E-state index contributed by atoms with van der Waals surface area (Å²) in [7, 11) is 1.37. The van der Waals surface area contributed by atoms with Crippen LogP contribution in [0.3, 0.4) is 0 Å². The van der Waals surface area contributed by atoms with E-state index in [4.69, 9.17) is 31.5 Å². The average Bonchev–Trinajstić information content (AvgIpc) is 2.71. The number of carboxylic acid groups (broad SMARTS) is 1. The number of hydrogen-bond acceptors (Lipinski definition) is 6. The van der Waals surface area contributed by atoms with Crippen molar-refractivity contribution in [3.8, 4) is 0 Å². The molecule has 0 heterocycles. The van der Waals surface area contributed by atoms with Crippen molar-refractivity contribution >= 4 is 29.1 Å². The van der Waals surface area contributed by atoms with E-state index < -0.39 is 12.1 Å². The predicted octanol–water partition coefficient (Wildman–Crippen LogP) is 2.41. The number of benzene rings is 2. The first-order valence-corrected chi connectivity index (χ1v) is 8.84. The van der Waals surface area contributed by atoms with Crippen LogP contribution in [-0.2, 0) is 20.7 Å². The molecule has 0 aliphatic rings. The molecule has 0 fully saturated rings. The molecule has 0 aliphatic carbocycles. The minimum absolute atomic E-state index is 0.00611. The molecule has 0 aromatic heterocycles. The van der Waals surface area contributed by atoms with Crippen molar-refractivity contribution in [1.29, 1.82) is 5.41 Å². The number of carbonyl (C=O) groups is 2. The molecule has 2 aromatic rings. The second-order valence-electron chi connectivity index (χ2n) is 6.26. The maximum absolute atomic E-state index is 11.7. The topological polar surface area (TPSA) is 143 Å². The van der Waals surface area contributed by atoms with E-state index in [9.17, 15) is 18.0 Å². The van der Waals surface area contributed by atoms with E-state index in [2.05, 4.69) is 0 Å². The number of halogens is 3. The van der Waals surface area contributed by atoms with Crippen molar-refractivity contribution in [3.05, 3.63) is 59.7 Å². The lowest BCUT2D eigenvalue weighted by molar-refractivity contribution is -0.192. The van der Waals surface area contributed by atoms with E-state index in [0.717, 1.165) is 23.4 Å². The van der Waals surface area contributed by atoms with Crippen molar-refractivity contribution in [2.24, 2.45) is 5.73 Å². The molecule has 0 aliphatic heterocycles. The lowest BCUT2D eigenvalue weighted by Crippen LogP contribution is -2.32. The SMILES string of the molecule is COC(=O)CN(CCc1ccc(N)cc1)c1cccc(C(=N)N)c1.O=C(O)C(F)(F)F. The van der Waals surface area contributed by atoms with Crippen LogP contribution in [0.2, 0.25) is 0 Å². The summed E-state index contributed by atoms with van der Waals surface area (Å²) in [5.41, 5.74) is 14.5. The molecule has 2 aromatic carbocycles. The van der Waals surface area contributed by atoms with Crippen molar-refractivity contribution in [2.45, 2.75) is 12.6 Å². The Bertz CT molecular complexity index is 902. The number of hydrogen-bond donors (Lipinski definition) is 4. The van der Waals surface area contributed by atoms with E-state index in [-0.39, 0.29) is 18.3 Å². The number of carboxylic acids is 1. The standard InChI is InChI=1S/C18H22N4O2.C2HF3O2/c1-24-17(23)12-22(10-9-13-5-7-15(19)8-6-13)16-4-2-3-14(11-16)18(20)21;3-2(4,5)1(6)7/h2-8,11H,9-10,12,19H2,1H3,(H3,20,21);(H,6,7). The Balaban J connectivity index is 0.000000592. The zero-order chi connectivity index (χ0) is 23.6. The molecule has 2 rings (SSSR count). The van der Waals surface area contributed by atoms with Gasteiger partial charge < -0.3 is 26.2 Å². The molecule has 6 N–H and O–H groups in total. The van der Waals surface area contributed by atoms with Crippen LogP contribution in [0.15, 0.2) is 48.5 Å². The summed E-state index contributed by atoms with van der Waals surface area (Å²) in [6, 6.07) is 14.9. The summed E-state index contributed by atoms with van der Waals surface area (Å²) in [4.78, 5) is 22.5. The lowest BCUT2D eigenvalue weighted by atomic mass is 10.1. The summed E-state index contributed by atoms with van der Waals surface area (Å²) in [6.07, 6.45) is -4.33. The van der Waals surface area contributed by atoms with E-state index >= 15 is 0 Å². The van der Waals surface area contributed by atoms with E-state index in [0.29, 0.717) is 12.1 Å². The number of alkyl halides is 3. The van der Waals surface area contributed by atoms with Crippen LogP contribution in [0, 0.1) is 5.41 Å². The van der Waals surface area contributed by atoms with Gasteiger partial charge in [-0.05, 0) is 36.2 Å². The van der Waals surface area contributed by atoms with Crippen LogP contribution in [0.25, 0.3) is 0 Å². The second-order valence-corrected chi connectivity index (χ2v) is 6.26. The van der Waals surface area contributed by atoms with Crippen LogP contribution in [0.1, 0.15) is 11.1 Å². The number of nitrogen functional groups attached to an aromatic ring is 2. The van der Waals surface area contributed by atoms with Gasteiger partial charge in [-0.25, -0.2) is 4.79 Å². The van der Waals surface area contributed by atoms with E-state index in [1.807, 2.05) is 41.3 Å². The molecule has 0 radical (unpaired) electrons. The minimum atomic E-state index is -5.08. The van der Waals surface area contributed by atoms with Gasteiger partial charge in [0.25, 0.3) is 0 Å². The summed E-state index contributed by atoms with van der Waals surface area (Å²) >= 11 is 0. The van der Waals surface area contributed by atoms with Crippen LogP contribution in [0.5, 0.6) is 0 Å². The summed E-state index contributed by atoms with van der Waals surface area (Å²) in [5.74, 6) is -3.08. The molecule has 0 bridgehead atoms. The predicted molar refractivity (Wildman–Crippen MR) is 110 cm³/mol. The molecule has 0 saturated heterocycles. The fraction of sp³-hybridized carbons (Fsp3) is 0.250. The highest BCUT2D eigenvalue weighted by Gasteiger charge is 2.38. The quantitative estimate of drug-likeness (QED) is 0.224. The number of methoxy groups -OCH3 is 1. The van der Waals surface area contributed by atoms with Gasteiger partial charge in [0.2, 0.25) is 0 Å². The molecule has 0 atom stereocenters. The fourth-order valence-corrected chi connectivity index (χ4v) is 2.34. The lowest BCUT2D eigenvalue weighted by Gasteiger charge is -2.24. The van der Waals surface area contributed by atoms with Gasteiger partial charge in [-0.15, -0.1) is 0 Å². The third-order valence-corrected chi connectivity index (χ3v) is 3.96. The molecule has 8 nitrogen and oxygen atoms in total. The highest BCUT2D eigenvalue weighted by Crippen LogP contribution is 2.17. The Morgan fingerprint density at radius 2 is 1.74 bits per heavy atom. The van der Waals surface area contributed by atoms with Gasteiger partial charge in [-0.3, -0.25) is 10.2 Å². The van der Waals surface area contributed by atoms with Gasteiger partial charge in [0.15, 0.2) is 0 Å².